The number of nitrogens with one attached hydrogen (secondary N) is 1. The minimum absolute atomic E-state index is 0.134. The molecule has 0 atom stereocenters. The molecule has 4 rings (SSSR count). The van der Waals surface area contributed by atoms with Crippen molar-refractivity contribution in [2.24, 2.45) is 0 Å². The third kappa shape index (κ3) is 3.51. The number of amides is 1. The molecule has 0 spiro atoms. The first-order valence-corrected chi connectivity index (χ1v) is 9.13. The quantitative estimate of drug-likeness (QED) is 0.739. The number of H-pyrrole nitrogens is 1. The van der Waals surface area contributed by atoms with Gasteiger partial charge in [-0.1, -0.05) is 47.5 Å². The zero-order chi connectivity index (χ0) is 19.0. The van der Waals surface area contributed by atoms with E-state index in [2.05, 4.69) is 9.97 Å². The minimum Gasteiger partial charge on any atom is -0.334 e. The molecule has 0 fully saturated rings. The molecule has 2 heterocycles. The molecule has 3 aromatic rings. The van der Waals surface area contributed by atoms with Gasteiger partial charge in [-0.15, -0.1) is 0 Å². The summed E-state index contributed by atoms with van der Waals surface area (Å²) in [6, 6.07) is 14.7. The van der Waals surface area contributed by atoms with Crippen molar-refractivity contribution in [2.75, 3.05) is 6.54 Å². The van der Waals surface area contributed by atoms with E-state index in [4.69, 9.17) is 11.6 Å². The van der Waals surface area contributed by atoms with Crippen molar-refractivity contribution in [1.29, 1.82) is 0 Å². The summed E-state index contributed by atoms with van der Waals surface area (Å²) in [5, 5.41) is 0.514. The third-order valence-corrected chi connectivity index (χ3v) is 4.99. The van der Waals surface area contributed by atoms with Crippen LogP contribution in [0.1, 0.15) is 27.2 Å². The normalized spacial score (nSPS) is 13.3. The van der Waals surface area contributed by atoms with Crippen molar-refractivity contribution in [3.8, 4) is 11.4 Å². The topological polar surface area (TPSA) is 66.1 Å². The number of aryl methyl sites for hydroxylation is 1. The Labute approximate surface area is 161 Å². The Kier molecular flexibility index (Phi) is 4.54. The van der Waals surface area contributed by atoms with Crippen molar-refractivity contribution >= 4 is 17.5 Å². The van der Waals surface area contributed by atoms with Gasteiger partial charge in [0.05, 0.1) is 17.8 Å². The highest BCUT2D eigenvalue weighted by Crippen LogP contribution is 2.21. The Hall–Kier alpha value is -2.92. The Morgan fingerprint density at radius 1 is 1.19 bits per heavy atom. The van der Waals surface area contributed by atoms with E-state index in [1.807, 2.05) is 31.2 Å². The predicted octanol–water partition coefficient (Wildman–Crippen LogP) is 3.60. The molecular weight excluding hydrogens is 362 g/mol. The van der Waals surface area contributed by atoms with E-state index in [1.54, 1.807) is 29.2 Å². The molecule has 0 bridgehead atoms. The number of nitrogens with zero attached hydrogens (tertiary/aromatic N) is 2. The SMILES string of the molecule is Cc1ccc(-c2nc3c(c(=O)[nH]2)CN(C(=O)c2cccc(Cl)c2)CC3)cc1. The highest BCUT2D eigenvalue weighted by atomic mass is 35.5. The summed E-state index contributed by atoms with van der Waals surface area (Å²) in [5.41, 5.74) is 3.65. The fraction of sp³-hybridized carbons (Fsp3) is 0.190. The van der Waals surface area contributed by atoms with Crippen LogP contribution in [0.3, 0.4) is 0 Å². The first-order valence-electron chi connectivity index (χ1n) is 8.75. The largest absolute Gasteiger partial charge is 0.334 e. The summed E-state index contributed by atoms with van der Waals surface area (Å²) >= 11 is 5.98. The number of fused-ring (bicyclic) bond motifs is 1. The minimum atomic E-state index is -0.195. The van der Waals surface area contributed by atoms with Gasteiger partial charge < -0.3 is 9.88 Å². The summed E-state index contributed by atoms with van der Waals surface area (Å²) in [4.78, 5) is 34.5. The van der Waals surface area contributed by atoms with Crippen LogP contribution in [-0.2, 0) is 13.0 Å². The average Bonchev–Trinajstić information content (AvgIpc) is 2.67. The van der Waals surface area contributed by atoms with E-state index < -0.39 is 0 Å². The van der Waals surface area contributed by atoms with Crippen molar-refractivity contribution in [2.45, 2.75) is 19.9 Å². The molecule has 5 nitrogen and oxygen atoms in total. The van der Waals surface area contributed by atoms with Gasteiger partial charge in [-0.05, 0) is 25.1 Å². The predicted molar refractivity (Wildman–Crippen MR) is 105 cm³/mol. The fourth-order valence-corrected chi connectivity index (χ4v) is 3.44. The number of benzene rings is 2. The first kappa shape index (κ1) is 17.5. The van der Waals surface area contributed by atoms with Crippen molar-refractivity contribution < 1.29 is 4.79 Å². The van der Waals surface area contributed by atoms with E-state index in [0.717, 1.165) is 16.8 Å². The molecule has 0 saturated carbocycles. The van der Waals surface area contributed by atoms with Crippen LogP contribution < -0.4 is 5.56 Å². The summed E-state index contributed by atoms with van der Waals surface area (Å²) in [6.07, 6.45) is 0.546. The molecule has 136 valence electrons. The molecule has 2 aromatic carbocycles. The zero-order valence-electron chi connectivity index (χ0n) is 14.8. The molecule has 0 aliphatic carbocycles. The lowest BCUT2D eigenvalue weighted by Gasteiger charge is -2.28. The molecule has 1 aliphatic heterocycles. The Morgan fingerprint density at radius 3 is 2.70 bits per heavy atom. The van der Waals surface area contributed by atoms with Crippen molar-refractivity contribution in [3.63, 3.8) is 0 Å². The van der Waals surface area contributed by atoms with Gasteiger partial charge in [0.25, 0.3) is 11.5 Å². The molecule has 0 unspecified atom stereocenters. The third-order valence-electron chi connectivity index (χ3n) is 4.75. The summed E-state index contributed by atoms with van der Waals surface area (Å²) in [6.45, 7) is 2.78. The lowest BCUT2D eigenvalue weighted by molar-refractivity contribution is 0.0732. The highest BCUT2D eigenvalue weighted by Gasteiger charge is 2.25. The molecule has 1 N–H and O–H groups in total. The number of carbonyl (C=O) groups excluding carboxylic acids is 1. The summed E-state index contributed by atoms with van der Waals surface area (Å²) in [5.74, 6) is 0.429. The lowest BCUT2D eigenvalue weighted by Crippen LogP contribution is -2.39. The van der Waals surface area contributed by atoms with Gasteiger partial charge in [0.1, 0.15) is 5.82 Å². The van der Waals surface area contributed by atoms with E-state index in [9.17, 15) is 9.59 Å². The highest BCUT2D eigenvalue weighted by molar-refractivity contribution is 6.30. The second-order valence-corrected chi connectivity index (χ2v) is 7.13. The number of hydrogen-bond acceptors (Lipinski definition) is 3. The van der Waals surface area contributed by atoms with Crippen LogP contribution in [0.4, 0.5) is 0 Å². The van der Waals surface area contributed by atoms with Gasteiger partial charge in [-0.2, -0.15) is 0 Å². The molecule has 1 aliphatic rings. The molecule has 0 radical (unpaired) electrons. The van der Waals surface area contributed by atoms with E-state index >= 15 is 0 Å². The van der Waals surface area contributed by atoms with E-state index in [-0.39, 0.29) is 18.0 Å². The van der Waals surface area contributed by atoms with E-state index in [0.29, 0.717) is 34.9 Å². The van der Waals surface area contributed by atoms with Gasteiger partial charge in [0, 0.05) is 29.1 Å². The lowest BCUT2D eigenvalue weighted by atomic mass is 10.0. The molecule has 6 heteroatoms. The number of carbonyl (C=O) groups is 1. The number of hydrogen-bond donors (Lipinski definition) is 1. The second-order valence-electron chi connectivity index (χ2n) is 6.69. The molecule has 27 heavy (non-hydrogen) atoms. The first-order chi connectivity index (χ1) is 13.0. The van der Waals surface area contributed by atoms with Crippen LogP contribution in [0.15, 0.2) is 53.3 Å². The second kappa shape index (κ2) is 7.00. The summed E-state index contributed by atoms with van der Waals surface area (Å²) < 4.78 is 0. The Bertz CT molecular complexity index is 1070. The monoisotopic (exact) mass is 379 g/mol. The molecule has 1 aromatic heterocycles. The van der Waals surface area contributed by atoms with Crippen LogP contribution in [0.5, 0.6) is 0 Å². The maximum absolute atomic E-state index is 12.7. The number of rotatable bonds is 2. The van der Waals surface area contributed by atoms with Crippen LogP contribution in [0, 0.1) is 6.92 Å². The van der Waals surface area contributed by atoms with Crippen LogP contribution in [0.25, 0.3) is 11.4 Å². The maximum Gasteiger partial charge on any atom is 0.256 e. The van der Waals surface area contributed by atoms with Gasteiger partial charge in [0.2, 0.25) is 0 Å². The smallest absolute Gasteiger partial charge is 0.256 e. The molecular formula is C21H18ClN3O2. The van der Waals surface area contributed by atoms with Gasteiger partial charge >= 0.3 is 0 Å². The van der Waals surface area contributed by atoms with Gasteiger partial charge in [0.15, 0.2) is 0 Å². The number of halogens is 1. The van der Waals surface area contributed by atoms with Gasteiger partial charge in [-0.25, -0.2) is 4.98 Å². The molecule has 1 amide bonds. The molecule has 0 saturated heterocycles. The van der Waals surface area contributed by atoms with Crippen LogP contribution in [-0.4, -0.2) is 27.3 Å². The van der Waals surface area contributed by atoms with Crippen LogP contribution >= 0.6 is 11.6 Å². The number of aromatic amines is 1. The number of aromatic nitrogens is 2. The Morgan fingerprint density at radius 2 is 1.96 bits per heavy atom. The average molecular weight is 380 g/mol. The Balaban J connectivity index is 1.63. The summed E-state index contributed by atoms with van der Waals surface area (Å²) in [7, 11) is 0. The maximum atomic E-state index is 12.7. The standard InChI is InChI=1S/C21H18ClN3O2/c1-13-5-7-14(8-6-13)19-23-18-9-10-25(12-17(18)20(26)24-19)21(27)15-3-2-4-16(22)11-15/h2-8,11H,9-10,12H2,1H3,(H,23,24,26). The zero-order valence-corrected chi connectivity index (χ0v) is 15.6. The van der Waals surface area contributed by atoms with Crippen molar-refractivity contribution in [3.05, 3.63) is 86.3 Å². The van der Waals surface area contributed by atoms with E-state index in [1.165, 1.54) is 0 Å². The van der Waals surface area contributed by atoms with Crippen molar-refractivity contribution in [1.82, 2.24) is 14.9 Å². The fourth-order valence-electron chi connectivity index (χ4n) is 3.25. The van der Waals surface area contributed by atoms with Crippen LogP contribution in [0.2, 0.25) is 5.02 Å². The van der Waals surface area contributed by atoms with Gasteiger partial charge in [-0.3, -0.25) is 9.59 Å².